The third-order valence-corrected chi connectivity index (χ3v) is 7.92. The quantitative estimate of drug-likeness (QED) is 0.0460. The van der Waals surface area contributed by atoms with E-state index in [9.17, 15) is 14.4 Å². The summed E-state index contributed by atoms with van der Waals surface area (Å²) in [5.41, 5.74) is 0. The first-order chi connectivity index (χ1) is 20.5. The Morgan fingerprint density at radius 2 is 1.07 bits per heavy atom. The van der Waals surface area contributed by atoms with Crippen molar-refractivity contribution in [1.29, 1.82) is 0 Å². The van der Waals surface area contributed by atoms with Crippen LogP contribution in [0.1, 0.15) is 187 Å². The molecule has 0 spiro atoms. The molecule has 1 atom stereocenters. The predicted molar refractivity (Wildman–Crippen MR) is 176 cm³/mol. The summed E-state index contributed by atoms with van der Waals surface area (Å²) in [4.78, 5) is 34.6. The van der Waals surface area contributed by atoms with Gasteiger partial charge in [0, 0.05) is 12.8 Å². The standard InChI is InChI=1S/C36H67NO5/c1-3-5-7-9-10-11-12-13-14-15-16-17-18-19-20-21-27-31-36(41)42-33(28-24-8-6-4-2)29-25-22-23-26-30-34(38)37-32-35(39)40/h24,28,33H,3-23,25-27,29-32H2,1-2H3,(H,37,38)(H,39,40)/b28-24-. The van der Waals surface area contributed by atoms with E-state index in [-0.39, 0.29) is 24.5 Å². The Morgan fingerprint density at radius 1 is 0.619 bits per heavy atom. The molecule has 0 rings (SSSR count). The van der Waals surface area contributed by atoms with Gasteiger partial charge in [0.05, 0.1) is 0 Å². The van der Waals surface area contributed by atoms with Crippen molar-refractivity contribution >= 4 is 17.8 Å². The number of rotatable bonds is 32. The molecular formula is C36H67NO5. The van der Waals surface area contributed by atoms with E-state index in [1.165, 1.54) is 96.3 Å². The summed E-state index contributed by atoms with van der Waals surface area (Å²) in [5, 5.41) is 11.0. The normalized spacial score (nSPS) is 12.0. The zero-order valence-corrected chi connectivity index (χ0v) is 27.6. The topological polar surface area (TPSA) is 92.7 Å². The number of amides is 1. The number of aliphatic carboxylic acids is 1. The van der Waals surface area contributed by atoms with E-state index in [4.69, 9.17) is 9.84 Å². The monoisotopic (exact) mass is 594 g/mol. The zero-order chi connectivity index (χ0) is 30.9. The lowest BCUT2D eigenvalue weighted by molar-refractivity contribution is -0.147. The van der Waals surface area contributed by atoms with E-state index in [0.717, 1.165) is 64.2 Å². The van der Waals surface area contributed by atoms with Crippen LogP contribution in [0.25, 0.3) is 0 Å². The second-order valence-electron chi connectivity index (χ2n) is 12.1. The number of unbranched alkanes of at least 4 members (excludes halogenated alkanes) is 21. The highest BCUT2D eigenvalue weighted by Gasteiger charge is 2.12. The number of nitrogens with one attached hydrogen (secondary N) is 1. The average molecular weight is 594 g/mol. The smallest absolute Gasteiger partial charge is 0.322 e. The number of allylic oxidation sites excluding steroid dienone is 1. The Balaban J connectivity index is 3.83. The van der Waals surface area contributed by atoms with Gasteiger partial charge in [-0.25, -0.2) is 0 Å². The fourth-order valence-electron chi connectivity index (χ4n) is 5.23. The number of ether oxygens (including phenoxy) is 1. The van der Waals surface area contributed by atoms with Crippen LogP contribution in [0.15, 0.2) is 12.2 Å². The highest BCUT2D eigenvalue weighted by atomic mass is 16.5. The molecule has 6 heteroatoms. The third kappa shape index (κ3) is 31.1. The molecule has 0 aromatic carbocycles. The summed E-state index contributed by atoms with van der Waals surface area (Å²) in [7, 11) is 0. The van der Waals surface area contributed by atoms with Gasteiger partial charge in [-0.15, -0.1) is 0 Å². The minimum absolute atomic E-state index is 0.0868. The van der Waals surface area contributed by atoms with Gasteiger partial charge in [0.2, 0.25) is 5.91 Å². The number of hydrogen-bond donors (Lipinski definition) is 2. The second-order valence-corrected chi connectivity index (χ2v) is 12.1. The van der Waals surface area contributed by atoms with Crippen LogP contribution in [0, 0.1) is 0 Å². The molecule has 0 aliphatic rings. The lowest BCUT2D eigenvalue weighted by Crippen LogP contribution is -2.28. The van der Waals surface area contributed by atoms with Gasteiger partial charge in [-0.3, -0.25) is 14.4 Å². The van der Waals surface area contributed by atoms with Crippen molar-refractivity contribution in [2.45, 2.75) is 193 Å². The molecule has 0 aromatic rings. The van der Waals surface area contributed by atoms with Crippen molar-refractivity contribution < 1.29 is 24.2 Å². The lowest BCUT2D eigenvalue weighted by atomic mass is 10.0. The number of hydrogen-bond acceptors (Lipinski definition) is 4. The van der Waals surface area contributed by atoms with Crippen molar-refractivity contribution in [3.63, 3.8) is 0 Å². The largest absolute Gasteiger partial charge is 0.480 e. The molecule has 0 bridgehead atoms. The summed E-state index contributed by atoms with van der Waals surface area (Å²) < 4.78 is 5.81. The average Bonchev–Trinajstić information content (AvgIpc) is 2.97. The molecule has 0 saturated carbocycles. The molecular weight excluding hydrogens is 526 g/mol. The van der Waals surface area contributed by atoms with Crippen LogP contribution < -0.4 is 5.32 Å². The Morgan fingerprint density at radius 3 is 1.57 bits per heavy atom. The molecule has 42 heavy (non-hydrogen) atoms. The summed E-state index contributed by atoms with van der Waals surface area (Å²) >= 11 is 0. The predicted octanol–water partition coefficient (Wildman–Crippen LogP) is 10.2. The zero-order valence-electron chi connectivity index (χ0n) is 27.6. The molecule has 0 aliphatic carbocycles. The highest BCUT2D eigenvalue weighted by Crippen LogP contribution is 2.16. The molecule has 246 valence electrons. The van der Waals surface area contributed by atoms with Gasteiger partial charge in [-0.1, -0.05) is 148 Å². The van der Waals surface area contributed by atoms with E-state index in [1.807, 2.05) is 0 Å². The van der Waals surface area contributed by atoms with E-state index in [0.29, 0.717) is 12.8 Å². The van der Waals surface area contributed by atoms with Crippen molar-refractivity contribution in [1.82, 2.24) is 5.32 Å². The Bertz CT molecular complexity index is 663. The molecule has 0 aliphatic heterocycles. The molecule has 1 unspecified atom stereocenters. The van der Waals surface area contributed by atoms with Crippen LogP contribution in [-0.4, -0.2) is 35.6 Å². The molecule has 0 radical (unpaired) electrons. The van der Waals surface area contributed by atoms with Gasteiger partial charge in [-0.05, 0) is 38.2 Å². The fourth-order valence-corrected chi connectivity index (χ4v) is 5.23. The van der Waals surface area contributed by atoms with Crippen molar-refractivity contribution in [2.24, 2.45) is 0 Å². The molecule has 0 saturated heterocycles. The number of carboxylic acids is 1. The summed E-state index contributed by atoms with van der Waals surface area (Å²) in [5.74, 6) is -1.33. The van der Waals surface area contributed by atoms with Crippen LogP contribution in [0.5, 0.6) is 0 Å². The third-order valence-electron chi connectivity index (χ3n) is 7.92. The van der Waals surface area contributed by atoms with Crippen LogP contribution in [-0.2, 0) is 19.1 Å². The molecule has 1 amide bonds. The van der Waals surface area contributed by atoms with E-state index in [1.54, 1.807) is 0 Å². The van der Waals surface area contributed by atoms with Crippen LogP contribution in [0.4, 0.5) is 0 Å². The molecule has 2 N–H and O–H groups in total. The van der Waals surface area contributed by atoms with Crippen molar-refractivity contribution in [2.75, 3.05) is 6.54 Å². The maximum Gasteiger partial charge on any atom is 0.322 e. The maximum absolute atomic E-state index is 12.5. The molecule has 0 aromatic heterocycles. The van der Waals surface area contributed by atoms with E-state index >= 15 is 0 Å². The van der Waals surface area contributed by atoms with Gasteiger partial charge in [0.15, 0.2) is 0 Å². The van der Waals surface area contributed by atoms with Gasteiger partial charge in [0.25, 0.3) is 0 Å². The first-order valence-electron chi connectivity index (χ1n) is 17.8. The number of esters is 1. The van der Waals surface area contributed by atoms with Crippen LogP contribution in [0.3, 0.4) is 0 Å². The van der Waals surface area contributed by atoms with Crippen molar-refractivity contribution in [3.05, 3.63) is 12.2 Å². The van der Waals surface area contributed by atoms with Gasteiger partial charge < -0.3 is 15.2 Å². The number of carbonyl (C=O) groups excluding carboxylic acids is 2. The van der Waals surface area contributed by atoms with Gasteiger partial charge in [0.1, 0.15) is 12.6 Å². The lowest BCUT2D eigenvalue weighted by Gasteiger charge is -2.15. The fraction of sp³-hybridized carbons (Fsp3) is 0.861. The van der Waals surface area contributed by atoms with Gasteiger partial charge in [-0.2, -0.15) is 0 Å². The number of carboxylic acid groups (broad SMARTS) is 1. The van der Waals surface area contributed by atoms with Crippen LogP contribution >= 0.6 is 0 Å². The maximum atomic E-state index is 12.5. The summed E-state index contributed by atoms with van der Waals surface area (Å²) in [6.45, 7) is 4.13. The minimum atomic E-state index is -1.03. The van der Waals surface area contributed by atoms with Crippen LogP contribution in [0.2, 0.25) is 0 Å². The highest BCUT2D eigenvalue weighted by molar-refractivity contribution is 5.80. The summed E-state index contributed by atoms with van der Waals surface area (Å²) in [6.07, 6.45) is 35.1. The summed E-state index contributed by atoms with van der Waals surface area (Å²) in [6, 6.07) is 0. The molecule has 0 heterocycles. The Labute approximate surface area is 259 Å². The molecule has 0 fully saturated rings. The molecule has 6 nitrogen and oxygen atoms in total. The first-order valence-corrected chi connectivity index (χ1v) is 17.8. The Hall–Kier alpha value is -1.85. The number of carbonyl (C=O) groups is 3. The minimum Gasteiger partial charge on any atom is -0.480 e. The van der Waals surface area contributed by atoms with E-state index < -0.39 is 5.97 Å². The second kappa shape index (κ2) is 32.1. The Kier molecular flexibility index (Phi) is 30.7. The van der Waals surface area contributed by atoms with Gasteiger partial charge >= 0.3 is 11.9 Å². The SMILES string of the molecule is CCCC/C=C\C(CCCCCCC(=O)NCC(=O)O)OC(=O)CCCCCCCCCCCCCCCCCCC. The van der Waals surface area contributed by atoms with E-state index in [2.05, 4.69) is 31.3 Å². The first kappa shape index (κ1) is 40.1. The van der Waals surface area contributed by atoms with Crippen molar-refractivity contribution in [3.8, 4) is 0 Å².